The number of nitrogens with one attached hydrogen (secondary N) is 2. The summed E-state index contributed by atoms with van der Waals surface area (Å²) in [7, 11) is 0. The smallest absolute Gasteiger partial charge is 0.329 e. The second-order valence-electron chi connectivity index (χ2n) is 4.88. The second kappa shape index (κ2) is 10.3. The van der Waals surface area contributed by atoms with E-state index in [1.165, 1.54) is 17.8 Å². The van der Waals surface area contributed by atoms with Crippen molar-refractivity contribution in [3.05, 3.63) is 21.8 Å². The minimum Gasteiger partial charge on any atom is -0.454 e. The van der Waals surface area contributed by atoms with Crippen LogP contribution in [0, 0.1) is 6.92 Å². The van der Waals surface area contributed by atoms with E-state index in [0.717, 1.165) is 0 Å². The van der Waals surface area contributed by atoms with Gasteiger partial charge in [-0.3, -0.25) is 4.79 Å². The normalized spacial score (nSPS) is 11.5. The van der Waals surface area contributed by atoms with Gasteiger partial charge in [-0.15, -0.1) is 0 Å². The monoisotopic (exact) mass is 408 g/mol. The van der Waals surface area contributed by atoms with Gasteiger partial charge >= 0.3 is 12.0 Å². The number of anilines is 1. The zero-order valence-electron chi connectivity index (χ0n) is 13.6. The van der Waals surface area contributed by atoms with Crippen LogP contribution in [0.25, 0.3) is 0 Å². The summed E-state index contributed by atoms with van der Waals surface area (Å²) in [6, 6.07) is -0.320. The van der Waals surface area contributed by atoms with Gasteiger partial charge in [0, 0.05) is 0 Å². The van der Waals surface area contributed by atoms with Crippen molar-refractivity contribution in [1.29, 1.82) is 0 Å². The number of esters is 1. The van der Waals surface area contributed by atoms with E-state index in [0.29, 0.717) is 22.9 Å². The van der Waals surface area contributed by atoms with E-state index in [2.05, 4.69) is 15.6 Å². The van der Waals surface area contributed by atoms with Gasteiger partial charge in [0.2, 0.25) is 0 Å². The van der Waals surface area contributed by atoms with Gasteiger partial charge in [0.25, 0.3) is 5.91 Å². The van der Waals surface area contributed by atoms with E-state index >= 15 is 0 Å². The number of nitrogens with two attached hydrogens (primary N) is 1. The zero-order chi connectivity index (χ0) is 19.0. The van der Waals surface area contributed by atoms with Crippen LogP contribution in [-0.4, -0.2) is 47.5 Å². The first-order valence-corrected chi connectivity index (χ1v) is 9.23. The van der Waals surface area contributed by atoms with E-state index in [1.54, 1.807) is 6.92 Å². The Kier molecular flexibility index (Phi) is 8.81. The highest BCUT2D eigenvalue weighted by atomic mass is 35.5. The molecular weight excluding hydrogens is 391 g/mol. The molecule has 0 aliphatic heterocycles. The third-order valence-electron chi connectivity index (χ3n) is 2.92. The van der Waals surface area contributed by atoms with Gasteiger partial charge in [-0.1, -0.05) is 23.2 Å². The van der Waals surface area contributed by atoms with E-state index in [4.69, 9.17) is 33.7 Å². The van der Waals surface area contributed by atoms with Gasteiger partial charge < -0.3 is 21.1 Å². The first-order valence-electron chi connectivity index (χ1n) is 7.08. The highest BCUT2D eigenvalue weighted by molar-refractivity contribution is 7.98. The summed E-state index contributed by atoms with van der Waals surface area (Å²) in [6.07, 6.45) is 2.18. The molecular formula is C14H18Cl2N4O4S. The molecule has 0 radical (unpaired) electrons. The number of carbonyl (C=O) groups is 3. The molecule has 1 rings (SSSR count). The fourth-order valence-electron chi connectivity index (χ4n) is 1.71. The van der Waals surface area contributed by atoms with Crippen LogP contribution >= 0.6 is 35.0 Å². The third kappa shape index (κ3) is 7.37. The maximum atomic E-state index is 12.0. The number of primary amides is 1. The summed E-state index contributed by atoms with van der Waals surface area (Å²) < 4.78 is 4.90. The van der Waals surface area contributed by atoms with Crippen LogP contribution in [0.3, 0.4) is 0 Å². The molecule has 0 saturated heterocycles. The molecule has 1 heterocycles. The number of pyridine rings is 1. The molecule has 0 saturated carbocycles. The Labute approximate surface area is 159 Å². The quantitative estimate of drug-likeness (QED) is 0.564. The summed E-state index contributed by atoms with van der Waals surface area (Å²) in [5, 5.41) is 5.22. The minimum atomic E-state index is -0.919. The molecule has 1 aromatic heterocycles. The summed E-state index contributed by atoms with van der Waals surface area (Å²) in [6.45, 7) is 1.09. The largest absolute Gasteiger partial charge is 0.454 e. The topological polar surface area (TPSA) is 123 Å². The third-order valence-corrected chi connectivity index (χ3v) is 4.23. The van der Waals surface area contributed by atoms with Crippen molar-refractivity contribution in [1.82, 2.24) is 10.3 Å². The molecule has 0 unspecified atom stereocenters. The number of carbonyl (C=O) groups excluding carboxylic acids is 3. The molecule has 0 aliphatic carbocycles. The van der Waals surface area contributed by atoms with Crippen molar-refractivity contribution < 1.29 is 19.1 Å². The number of hydrogen-bond acceptors (Lipinski definition) is 6. The summed E-state index contributed by atoms with van der Waals surface area (Å²) >= 11 is 13.3. The van der Waals surface area contributed by atoms with Crippen molar-refractivity contribution in [2.45, 2.75) is 19.4 Å². The number of urea groups is 1. The molecule has 8 nitrogen and oxygen atoms in total. The molecule has 4 N–H and O–H groups in total. The van der Waals surface area contributed by atoms with Crippen LogP contribution in [0.1, 0.15) is 12.1 Å². The Bertz CT molecular complexity index is 660. The molecule has 11 heteroatoms. The van der Waals surface area contributed by atoms with Crippen LogP contribution in [0.2, 0.25) is 10.0 Å². The van der Waals surface area contributed by atoms with E-state index in [-0.39, 0.29) is 10.8 Å². The van der Waals surface area contributed by atoms with Gasteiger partial charge in [-0.05, 0) is 31.4 Å². The minimum absolute atomic E-state index is 0.110. The van der Waals surface area contributed by atoms with Crippen LogP contribution in [0.4, 0.5) is 10.6 Å². The molecule has 25 heavy (non-hydrogen) atoms. The van der Waals surface area contributed by atoms with E-state index in [9.17, 15) is 14.4 Å². The molecule has 0 aromatic carbocycles. The van der Waals surface area contributed by atoms with Gasteiger partial charge in [0.05, 0.1) is 15.7 Å². The number of ether oxygens (including phenoxy) is 1. The van der Waals surface area contributed by atoms with Crippen LogP contribution < -0.4 is 16.4 Å². The molecule has 0 fully saturated rings. The molecule has 1 atom stereocenters. The molecule has 0 aliphatic rings. The van der Waals surface area contributed by atoms with Crippen molar-refractivity contribution in [3.8, 4) is 0 Å². The van der Waals surface area contributed by atoms with Crippen molar-refractivity contribution in [2.75, 3.05) is 23.9 Å². The highest BCUT2D eigenvalue weighted by Gasteiger charge is 2.22. The Hall–Kier alpha value is -1.71. The Balaban J connectivity index is 2.60. The second-order valence-corrected chi connectivity index (χ2v) is 6.68. The lowest BCUT2D eigenvalue weighted by Crippen LogP contribution is -2.45. The van der Waals surface area contributed by atoms with Gasteiger partial charge in [0.1, 0.15) is 6.04 Å². The fraction of sp³-hybridized carbons (Fsp3) is 0.429. The average molecular weight is 409 g/mol. The van der Waals surface area contributed by atoms with Crippen molar-refractivity contribution in [3.63, 3.8) is 0 Å². The molecule has 138 valence electrons. The lowest BCUT2D eigenvalue weighted by molar-refractivity contribution is -0.149. The van der Waals surface area contributed by atoms with Gasteiger partial charge in [-0.2, -0.15) is 11.8 Å². The van der Waals surface area contributed by atoms with Crippen LogP contribution in [0.5, 0.6) is 0 Å². The fourth-order valence-corrected chi connectivity index (χ4v) is 2.59. The number of aromatic nitrogens is 1. The summed E-state index contributed by atoms with van der Waals surface area (Å²) in [5.41, 5.74) is 5.51. The van der Waals surface area contributed by atoms with Crippen LogP contribution in [-0.2, 0) is 14.3 Å². The van der Waals surface area contributed by atoms with Gasteiger partial charge in [-0.25, -0.2) is 14.6 Å². The maximum Gasteiger partial charge on any atom is 0.329 e. The summed E-state index contributed by atoms with van der Waals surface area (Å²) in [4.78, 5) is 38.8. The number of aryl methyl sites for hydroxylation is 1. The summed E-state index contributed by atoms with van der Waals surface area (Å²) in [5.74, 6) is -0.671. The first-order chi connectivity index (χ1) is 11.7. The number of hydrogen-bond donors (Lipinski definition) is 3. The lowest BCUT2D eigenvalue weighted by atomic mass is 10.2. The Morgan fingerprint density at radius 3 is 2.64 bits per heavy atom. The van der Waals surface area contributed by atoms with Gasteiger partial charge in [0.15, 0.2) is 12.4 Å². The van der Waals surface area contributed by atoms with Crippen molar-refractivity contribution >= 4 is 58.7 Å². The van der Waals surface area contributed by atoms with Crippen molar-refractivity contribution in [2.24, 2.45) is 5.73 Å². The van der Waals surface area contributed by atoms with E-state index in [1.807, 2.05) is 6.26 Å². The average Bonchev–Trinajstić information content (AvgIpc) is 2.53. The number of thioether (sulfide) groups is 1. The number of amides is 3. The van der Waals surface area contributed by atoms with E-state index < -0.39 is 30.6 Å². The SMILES string of the molecule is CSCC[C@H](NC(N)=O)C(=O)OCC(=O)Nc1nc(C)c(Cl)cc1Cl. The number of rotatable bonds is 8. The molecule has 3 amide bonds. The molecule has 0 spiro atoms. The zero-order valence-corrected chi connectivity index (χ0v) is 15.9. The predicted molar refractivity (Wildman–Crippen MR) is 98.1 cm³/mol. The highest BCUT2D eigenvalue weighted by Crippen LogP contribution is 2.25. The number of nitrogens with zero attached hydrogens (tertiary/aromatic N) is 1. The lowest BCUT2D eigenvalue weighted by Gasteiger charge is -2.16. The van der Waals surface area contributed by atoms with Crippen LogP contribution in [0.15, 0.2) is 6.07 Å². The Morgan fingerprint density at radius 2 is 2.04 bits per heavy atom. The standard InChI is InChI=1S/C14H18Cl2N4O4S/c1-7-8(15)5-9(16)12(18-7)20-11(21)6-24-13(22)10(3-4-25-2)19-14(17)23/h5,10H,3-4,6H2,1-2H3,(H3,17,19,23)(H,18,20,21)/t10-/m0/s1. The Morgan fingerprint density at radius 1 is 1.36 bits per heavy atom. The molecule has 1 aromatic rings. The predicted octanol–water partition coefficient (Wildman–Crippen LogP) is 1.97. The molecule has 0 bridgehead atoms. The maximum absolute atomic E-state index is 12.0. The first kappa shape index (κ1) is 21.3. The number of halogens is 2.